The molecule has 1 aromatic carbocycles. The fourth-order valence-electron chi connectivity index (χ4n) is 5.38. The highest BCUT2D eigenvalue weighted by molar-refractivity contribution is 5.95. The molecule has 6 N–H and O–H groups in total. The van der Waals surface area contributed by atoms with Gasteiger partial charge < -0.3 is 36.3 Å². The van der Waals surface area contributed by atoms with Crippen molar-refractivity contribution >= 4 is 40.5 Å². The number of carbonyl (C=O) groups excluding carboxylic acids is 1. The Kier molecular flexibility index (Phi) is 6.03. The molecule has 0 atom stereocenters. The number of amides is 1. The minimum atomic E-state index is 0.0485. The Morgan fingerprint density at radius 2 is 1.89 bits per heavy atom. The van der Waals surface area contributed by atoms with Crippen LogP contribution in [0, 0.1) is 5.41 Å². The van der Waals surface area contributed by atoms with E-state index in [1.807, 2.05) is 35.5 Å². The number of benzene rings is 1. The Hall–Kier alpha value is -3.93. The van der Waals surface area contributed by atoms with Gasteiger partial charge in [0.25, 0.3) is 5.91 Å². The Bertz CT molecular complexity index is 1310. The highest BCUT2D eigenvalue weighted by Crippen LogP contribution is 2.38. The molecule has 0 radical (unpaired) electrons. The normalized spacial score (nSPS) is 18.4. The molecule has 12 nitrogen and oxygen atoms in total. The van der Waals surface area contributed by atoms with Crippen LogP contribution in [0.4, 0.5) is 17.5 Å². The van der Waals surface area contributed by atoms with Crippen LogP contribution in [0.3, 0.4) is 0 Å². The minimum Gasteiger partial charge on any atom is -0.380 e. The van der Waals surface area contributed by atoms with E-state index in [4.69, 9.17) is 21.2 Å². The number of likely N-dealkylation sites (tertiary alicyclic amines) is 1. The van der Waals surface area contributed by atoms with Crippen LogP contribution in [0.25, 0.3) is 11.2 Å². The molecule has 0 unspecified atom stereocenters. The Morgan fingerprint density at radius 1 is 1.14 bits per heavy atom. The fraction of sp³-hybridized carbons (Fsp3) is 0.480. The highest BCUT2D eigenvalue weighted by Gasteiger charge is 2.50. The number of aromatic nitrogens is 4. The van der Waals surface area contributed by atoms with Gasteiger partial charge in [-0.15, -0.1) is 0 Å². The summed E-state index contributed by atoms with van der Waals surface area (Å²) in [5.41, 5.74) is 14.0. The molecule has 3 aromatic rings. The molecule has 2 saturated heterocycles. The zero-order chi connectivity index (χ0) is 25.4. The standard InChI is InChI=1S/C25H32N10O2/c26-23(27)28-9-10-29-24-32-20(19-21(33-24)35(15-30-19)18-3-1-2-4-18)31-17-7-5-16(6-8-17)22(36)34-11-25(12-34)13-37-14-25/h5-8,15,18H,1-4,9-14H2,(H4,26,27,28)(H2,29,31,32,33). The molecule has 6 rings (SSSR count). The number of carbonyl (C=O) groups is 1. The van der Waals surface area contributed by atoms with E-state index >= 15 is 0 Å². The lowest BCUT2D eigenvalue weighted by Gasteiger charge is -2.54. The smallest absolute Gasteiger partial charge is 0.253 e. The van der Waals surface area contributed by atoms with Crippen molar-refractivity contribution in [3.05, 3.63) is 36.2 Å². The lowest BCUT2D eigenvalue weighted by Crippen LogP contribution is -2.67. The fourth-order valence-corrected chi connectivity index (χ4v) is 5.38. The lowest BCUT2D eigenvalue weighted by atomic mass is 9.78. The van der Waals surface area contributed by atoms with Gasteiger partial charge in [0.1, 0.15) is 0 Å². The molecule has 1 spiro atoms. The van der Waals surface area contributed by atoms with E-state index in [2.05, 4.69) is 30.2 Å². The SMILES string of the molecule is NC(N)=NCCNc1nc(Nc2ccc(C(=O)N3CC4(COC4)C3)cc2)c2ncn(C3CCCC3)c2n1. The second-order valence-electron chi connectivity index (χ2n) is 10.2. The summed E-state index contributed by atoms with van der Waals surface area (Å²) in [6.07, 6.45) is 6.51. The molecule has 3 fully saturated rings. The molecule has 12 heteroatoms. The van der Waals surface area contributed by atoms with E-state index in [-0.39, 0.29) is 17.3 Å². The molecular weight excluding hydrogens is 472 g/mol. The van der Waals surface area contributed by atoms with Gasteiger partial charge >= 0.3 is 0 Å². The van der Waals surface area contributed by atoms with Crippen molar-refractivity contribution in [3.63, 3.8) is 0 Å². The van der Waals surface area contributed by atoms with E-state index < -0.39 is 0 Å². The van der Waals surface area contributed by atoms with E-state index in [0.29, 0.717) is 42.0 Å². The van der Waals surface area contributed by atoms with Gasteiger partial charge in [-0.2, -0.15) is 9.97 Å². The van der Waals surface area contributed by atoms with Gasteiger partial charge in [-0.25, -0.2) is 4.98 Å². The van der Waals surface area contributed by atoms with Crippen molar-refractivity contribution in [3.8, 4) is 0 Å². The van der Waals surface area contributed by atoms with Crippen LogP contribution in [0.5, 0.6) is 0 Å². The molecule has 2 aliphatic heterocycles. The van der Waals surface area contributed by atoms with Gasteiger partial charge in [-0.3, -0.25) is 9.79 Å². The third kappa shape index (κ3) is 4.64. The first-order valence-electron chi connectivity index (χ1n) is 12.8. The Morgan fingerprint density at radius 3 is 2.57 bits per heavy atom. The van der Waals surface area contributed by atoms with Crippen molar-refractivity contribution in [2.45, 2.75) is 31.7 Å². The number of nitrogens with two attached hydrogens (primary N) is 2. The monoisotopic (exact) mass is 504 g/mol. The van der Waals surface area contributed by atoms with Gasteiger partial charge in [-0.05, 0) is 37.1 Å². The maximum absolute atomic E-state index is 12.8. The van der Waals surface area contributed by atoms with Crippen molar-refractivity contribution < 1.29 is 9.53 Å². The molecule has 3 aliphatic rings. The number of fused-ring (bicyclic) bond motifs is 1. The summed E-state index contributed by atoms with van der Waals surface area (Å²) in [6, 6.07) is 7.86. The summed E-state index contributed by atoms with van der Waals surface area (Å²) in [6.45, 7) is 3.96. The van der Waals surface area contributed by atoms with Gasteiger partial charge in [0, 0.05) is 36.9 Å². The second-order valence-corrected chi connectivity index (χ2v) is 10.2. The Labute approximate surface area is 214 Å². The molecule has 1 amide bonds. The second kappa shape index (κ2) is 9.51. The number of nitrogens with zero attached hydrogens (tertiary/aromatic N) is 6. The molecule has 2 aromatic heterocycles. The zero-order valence-corrected chi connectivity index (χ0v) is 20.7. The van der Waals surface area contributed by atoms with Crippen LogP contribution in [0.1, 0.15) is 42.1 Å². The number of guanidine groups is 1. The summed E-state index contributed by atoms with van der Waals surface area (Å²) in [7, 11) is 0. The van der Waals surface area contributed by atoms with Gasteiger partial charge in [0.05, 0.1) is 31.5 Å². The van der Waals surface area contributed by atoms with Crippen molar-refractivity contribution in [1.82, 2.24) is 24.4 Å². The molecule has 0 bridgehead atoms. The molecule has 37 heavy (non-hydrogen) atoms. The van der Waals surface area contributed by atoms with E-state index in [1.54, 1.807) is 0 Å². The average molecular weight is 505 g/mol. The van der Waals surface area contributed by atoms with E-state index in [9.17, 15) is 4.79 Å². The lowest BCUT2D eigenvalue weighted by molar-refractivity contribution is -0.176. The summed E-state index contributed by atoms with van der Waals surface area (Å²) in [5, 5.41) is 6.59. The Balaban J connectivity index is 1.21. The largest absolute Gasteiger partial charge is 0.380 e. The van der Waals surface area contributed by atoms with Crippen LogP contribution in [0.2, 0.25) is 0 Å². The summed E-state index contributed by atoms with van der Waals surface area (Å²) < 4.78 is 7.47. The summed E-state index contributed by atoms with van der Waals surface area (Å²) in [4.78, 5) is 32.8. The van der Waals surface area contributed by atoms with E-state index in [0.717, 1.165) is 50.5 Å². The maximum Gasteiger partial charge on any atom is 0.253 e. The summed E-state index contributed by atoms with van der Waals surface area (Å²) in [5.74, 6) is 1.17. The van der Waals surface area contributed by atoms with Crippen molar-refractivity contribution in [2.24, 2.45) is 21.9 Å². The number of imidazole rings is 1. The zero-order valence-electron chi connectivity index (χ0n) is 20.7. The highest BCUT2D eigenvalue weighted by atomic mass is 16.5. The molecule has 1 aliphatic carbocycles. The first-order chi connectivity index (χ1) is 18.0. The molecule has 4 heterocycles. The van der Waals surface area contributed by atoms with Crippen LogP contribution < -0.4 is 22.1 Å². The van der Waals surface area contributed by atoms with Crippen LogP contribution in [0.15, 0.2) is 35.6 Å². The number of hydrogen-bond acceptors (Lipinski definition) is 8. The van der Waals surface area contributed by atoms with Crippen LogP contribution in [-0.2, 0) is 4.74 Å². The number of aliphatic imine (C=N–C) groups is 1. The molecular formula is C25H32N10O2. The number of hydrogen-bond donors (Lipinski definition) is 4. The maximum atomic E-state index is 12.8. The third-order valence-corrected chi connectivity index (χ3v) is 7.38. The summed E-state index contributed by atoms with van der Waals surface area (Å²) >= 11 is 0. The average Bonchev–Trinajstić information content (AvgIpc) is 3.50. The predicted octanol–water partition coefficient (Wildman–Crippen LogP) is 1.84. The quantitative estimate of drug-likeness (QED) is 0.204. The number of ether oxygens (including phenoxy) is 1. The van der Waals surface area contributed by atoms with Crippen molar-refractivity contribution in [1.29, 1.82) is 0 Å². The molecule has 1 saturated carbocycles. The molecule has 194 valence electrons. The predicted molar refractivity (Wildman–Crippen MR) is 141 cm³/mol. The van der Waals surface area contributed by atoms with Crippen LogP contribution >= 0.6 is 0 Å². The third-order valence-electron chi connectivity index (χ3n) is 7.38. The number of nitrogens with one attached hydrogen (secondary N) is 2. The van der Waals surface area contributed by atoms with Gasteiger partial charge in [-0.1, -0.05) is 12.8 Å². The number of anilines is 3. The van der Waals surface area contributed by atoms with Gasteiger partial charge in [0.15, 0.2) is 22.9 Å². The first kappa shape index (κ1) is 23.5. The van der Waals surface area contributed by atoms with Crippen LogP contribution in [-0.4, -0.2) is 75.7 Å². The number of rotatable bonds is 8. The minimum absolute atomic E-state index is 0.0485. The van der Waals surface area contributed by atoms with Gasteiger partial charge in [0.2, 0.25) is 5.95 Å². The van der Waals surface area contributed by atoms with Crippen molar-refractivity contribution in [2.75, 3.05) is 50.0 Å². The first-order valence-corrected chi connectivity index (χ1v) is 12.8. The topological polar surface area (TPSA) is 162 Å². The van der Waals surface area contributed by atoms with E-state index in [1.165, 1.54) is 12.8 Å².